The van der Waals surface area contributed by atoms with E-state index in [0.717, 1.165) is 22.5 Å². The Labute approximate surface area is 141 Å². The number of likely N-dealkylation sites (N-methyl/N-ethyl adjacent to an activating group) is 1. The molecule has 2 aromatic rings. The molecule has 0 aliphatic carbocycles. The minimum Gasteiger partial charge on any atom is -0.386 e. The van der Waals surface area contributed by atoms with Crippen LogP contribution in [0.4, 0.5) is 5.69 Å². The molecule has 3 N–H and O–H groups in total. The van der Waals surface area contributed by atoms with Gasteiger partial charge in [0, 0.05) is 23.9 Å². The highest BCUT2D eigenvalue weighted by atomic mass is 16.1. The summed E-state index contributed by atoms with van der Waals surface area (Å²) in [5, 5.41) is 2.94. The summed E-state index contributed by atoms with van der Waals surface area (Å²) in [5.41, 5.74) is 10.2. The summed E-state index contributed by atoms with van der Waals surface area (Å²) in [6.45, 7) is 2.58. The molecule has 0 bridgehead atoms. The number of anilines is 1. The van der Waals surface area contributed by atoms with Gasteiger partial charge in [0.05, 0.1) is 18.4 Å². The van der Waals surface area contributed by atoms with Gasteiger partial charge in [0.15, 0.2) is 0 Å². The van der Waals surface area contributed by atoms with Crippen LogP contribution in [0.5, 0.6) is 0 Å². The maximum Gasteiger partial charge on any atom is 0.255 e. The number of hydrogen-bond donors (Lipinski definition) is 2. The third kappa shape index (κ3) is 3.46. The highest BCUT2D eigenvalue weighted by molar-refractivity contribution is 6.04. The van der Waals surface area contributed by atoms with Gasteiger partial charge in [0.1, 0.15) is 5.84 Å². The fourth-order valence-electron chi connectivity index (χ4n) is 2.57. The molecule has 1 aliphatic rings. The molecule has 0 radical (unpaired) electrons. The maximum atomic E-state index is 12.3. The zero-order chi connectivity index (χ0) is 17.1. The van der Waals surface area contributed by atoms with Crippen molar-refractivity contribution in [2.45, 2.75) is 6.92 Å². The van der Waals surface area contributed by atoms with Crippen molar-refractivity contribution < 1.29 is 4.79 Å². The van der Waals surface area contributed by atoms with Crippen LogP contribution in [-0.2, 0) is 0 Å². The van der Waals surface area contributed by atoms with Gasteiger partial charge in [-0.3, -0.25) is 4.79 Å². The third-order valence-electron chi connectivity index (χ3n) is 3.89. The average molecular weight is 320 g/mol. The summed E-state index contributed by atoms with van der Waals surface area (Å²) >= 11 is 0. The van der Waals surface area contributed by atoms with Crippen LogP contribution in [0, 0.1) is 6.92 Å². The van der Waals surface area contributed by atoms with Crippen LogP contribution in [0.1, 0.15) is 21.5 Å². The molecule has 0 fully saturated rings. The van der Waals surface area contributed by atoms with Crippen LogP contribution in [0.15, 0.2) is 59.7 Å². The Morgan fingerprint density at radius 1 is 1.21 bits per heavy atom. The van der Waals surface area contributed by atoms with E-state index in [-0.39, 0.29) is 5.91 Å². The highest BCUT2D eigenvalue weighted by Gasteiger charge is 2.14. The molecule has 0 unspecified atom stereocenters. The minimum absolute atomic E-state index is 0.125. The summed E-state index contributed by atoms with van der Waals surface area (Å²) in [7, 11) is 1.96. The highest BCUT2D eigenvalue weighted by Crippen LogP contribution is 2.23. The van der Waals surface area contributed by atoms with Crippen molar-refractivity contribution in [2.24, 2.45) is 10.7 Å². The second-order valence-corrected chi connectivity index (χ2v) is 5.89. The smallest absolute Gasteiger partial charge is 0.255 e. The molecule has 122 valence electrons. The van der Waals surface area contributed by atoms with Gasteiger partial charge < -0.3 is 16.0 Å². The SMILES string of the molecule is Cc1ccc(C(=O)Nc2cccc(C3=CN=C(N)CN3C)c2)cc1. The number of aryl methyl sites for hydroxylation is 1. The number of amides is 1. The molecule has 1 amide bonds. The number of hydrogen-bond acceptors (Lipinski definition) is 4. The second kappa shape index (κ2) is 6.58. The lowest BCUT2D eigenvalue weighted by Gasteiger charge is -2.25. The van der Waals surface area contributed by atoms with Crippen LogP contribution in [0.3, 0.4) is 0 Å². The Kier molecular flexibility index (Phi) is 4.33. The van der Waals surface area contributed by atoms with E-state index in [1.807, 2.05) is 67.4 Å². The first-order chi connectivity index (χ1) is 11.5. The molecule has 5 heteroatoms. The van der Waals surface area contributed by atoms with Gasteiger partial charge in [-0.05, 0) is 31.2 Å². The van der Waals surface area contributed by atoms with Crippen molar-refractivity contribution in [2.75, 3.05) is 18.9 Å². The lowest BCUT2D eigenvalue weighted by atomic mass is 10.1. The molecule has 24 heavy (non-hydrogen) atoms. The number of benzene rings is 2. The van der Waals surface area contributed by atoms with Gasteiger partial charge in [-0.2, -0.15) is 0 Å². The number of rotatable bonds is 3. The molecule has 3 rings (SSSR count). The normalized spacial score (nSPS) is 14.0. The number of carbonyl (C=O) groups is 1. The molecule has 5 nitrogen and oxygen atoms in total. The van der Waals surface area contributed by atoms with E-state index in [1.54, 1.807) is 6.20 Å². The van der Waals surface area contributed by atoms with Crippen LogP contribution in [0.2, 0.25) is 0 Å². The fraction of sp³-hybridized carbons (Fsp3) is 0.158. The molecular formula is C19H20N4O. The average Bonchev–Trinajstić information content (AvgIpc) is 2.55. The molecular weight excluding hydrogens is 300 g/mol. The number of aliphatic imine (C=N–C) groups is 1. The van der Waals surface area contributed by atoms with E-state index in [2.05, 4.69) is 10.3 Å². The van der Waals surface area contributed by atoms with Gasteiger partial charge in [-0.15, -0.1) is 0 Å². The number of carbonyl (C=O) groups excluding carboxylic acids is 1. The Hall–Kier alpha value is -3.08. The second-order valence-electron chi connectivity index (χ2n) is 5.89. The molecule has 0 saturated heterocycles. The van der Waals surface area contributed by atoms with E-state index in [1.165, 1.54) is 0 Å². The van der Waals surface area contributed by atoms with Gasteiger partial charge >= 0.3 is 0 Å². The Balaban J connectivity index is 1.81. The summed E-state index contributed by atoms with van der Waals surface area (Å²) in [5.74, 6) is 0.463. The molecule has 1 aliphatic heterocycles. The first-order valence-corrected chi connectivity index (χ1v) is 7.75. The standard InChI is InChI=1S/C19H20N4O/c1-13-6-8-14(9-7-13)19(24)22-16-5-3-4-15(10-16)17-11-21-18(20)12-23(17)2/h3-11H,12H2,1-2H3,(H2,20,21)(H,22,24). The maximum absolute atomic E-state index is 12.3. The summed E-state index contributed by atoms with van der Waals surface area (Å²) in [6.07, 6.45) is 1.75. The number of nitrogens with zero attached hydrogens (tertiary/aromatic N) is 2. The lowest BCUT2D eigenvalue weighted by molar-refractivity contribution is 0.102. The van der Waals surface area contributed by atoms with E-state index >= 15 is 0 Å². The van der Waals surface area contributed by atoms with Gasteiger partial charge in [0.25, 0.3) is 5.91 Å². The number of amidine groups is 1. The Morgan fingerprint density at radius 3 is 2.67 bits per heavy atom. The predicted molar refractivity (Wildman–Crippen MR) is 97.8 cm³/mol. The van der Waals surface area contributed by atoms with Crippen molar-refractivity contribution in [1.82, 2.24) is 4.90 Å². The largest absolute Gasteiger partial charge is 0.386 e. The van der Waals surface area contributed by atoms with Crippen LogP contribution < -0.4 is 11.1 Å². The molecule has 2 aromatic carbocycles. The van der Waals surface area contributed by atoms with Crippen molar-refractivity contribution in [3.8, 4) is 0 Å². The zero-order valence-electron chi connectivity index (χ0n) is 13.8. The first kappa shape index (κ1) is 15.8. The van der Waals surface area contributed by atoms with Crippen molar-refractivity contribution >= 4 is 23.1 Å². The van der Waals surface area contributed by atoms with Crippen molar-refractivity contribution in [3.05, 3.63) is 71.4 Å². The van der Waals surface area contributed by atoms with E-state index in [0.29, 0.717) is 17.9 Å². The van der Waals surface area contributed by atoms with E-state index in [9.17, 15) is 4.79 Å². The van der Waals surface area contributed by atoms with E-state index in [4.69, 9.17) is 5.73 Å². The van der Waals surface area contributed by atoms with Gasteiger partial charge in [-0.25, -0.2) is 4.99 Å². The third-order valence-corrected chi connectivity index (χ3v) is 3.89. The Bertz CT molecular complexity index is 822. The summed E-state index contributed by atoms with van der Waals surface area (Å²) < 4.78 is 0. The summed E-state index contributed by atoms with van der Waals surface area (Å²) in [6, 6.07) is 15.2. The van der Waals surface area contributed by atoms with Crippen LogP contribution in [0.25, 0.3) is 5.70 Å². The van der Waals surface area contributed by atoms with Crippen LogP contribution in [-0.4, -0.2) is 30.2 Å². The Morgan fingerprint density at radius 2 is 1.96 bits per heavy atom. The molecule has 0 atom stereocenters. The minimum atomic E-state index is -0.125. The first-order valence-electron chi connectivity index (χ1n) is 7.75. The monoisotopic (exact) mass is 320 g/mol. The van der Waals surface area contributed by atoms with Crippen molar-refractivity contribution in [3.63, 3.8) is 0 Å². The topological polar surface area (TPSA) is 70.7 Å². The van der Waals surface area contributed by atoms with E-state index < -0.39 is 0 Å². The molecule has 1 heterocycles. The van der Waals surface area contributed by atoms with Gasteiger partial charge in [0.2, 0.25) is 0 Å². The predicted octanol–water partition coefficient (Wildman–Crippen LogP) is 2.85. The van der Waals surface area contributed by atoms with Gasteiger partial charge in [-0.1, -0.05) is 29.8 Å². The van der Waals surface area contributed by atoms with Crippen molar-refractivity contribution in [1.29, 1.82) is 0 Å². The van der Waals surface area contributed by atoms with Crippen LogP contribution >= 0.6 is 0 Å². The summed E-state index contributed by atoms with van der Waals surface area (Å²) in [4.78, 5) is 18.6. The zero-order valence-corrected chi connectivity index (χ0v) is 13.8. The molecule has 0 spiro atoms. The number of nitrogens with two attached hydrogens (primary N) is 1. The molecule has 0 saturated carbocycles. The quantitative estimate of drug-likeness (QED) is 0.913. The number of nitrogens with one attached hydrogen (secondary N) is 1. The fourth-order valence-corrected chi connectivity index (χ4v) is 2.57. The molecule has 0 aromatic heterocycles. The lowest BCUT2D eigenvalue weighted by Crippen LogP contribution is -2.32.